The average molecular weight is 831 g/mol. The van der Waals surface area contributed by atoms with E-state index in [0.717, 1.165) is 53.3 Å². The maximum Gasteiger partial charge on any atom is 0.407 e. The summed E-state index contributed by atoms with van der Waals surface area (Å²) in [6.45, 7) is 8.53. The lowest BCUT2D eigenvalue weighted by Crippen LogP contribution is -2.51. The fourth-order valence-corrected chi connectivity index (χ4v) is 8.63. The maximum absolute atomic E-state index is 14.1. The Kier molecular flexibility index (Phi) is 11.3. The second-order valence-electron chi connectivity index (χ2n) is 16.4. The van der Waals surface area contributed by atoms with Crippen LogP contribution in [0.15, 0.2) is 70.1 Å². The van der Waals surface area contributed by atoms with Crippen molar-refractivity contribution in [2.24, 2.45) is 11.8 Å². The predicted octanol–water partition coefficient (Wildman–Crippen LogP) is 6.97. The molecule has 8 rings (SSSR count). The smallest absolute Gasteiger partial charge is 0.407 e. The number of imidazole rings is 2. The molecule has 2 saturated heterocycles. The first-order chi connectivity index (χ1) is 29.4. The van der Waals surface area contributed by atoms with Crippen LogP contribution in [0.2, 0.25) is 0 Å². The SMILES string of the molecule is CNC(=O)O[C@H](C(=O)N1CCC[C@H]1c1ncc(-c2ccc3c(ccc4oc5cc(-c6cnc([C@@H]7CCCN7C(=O)[C@@H](NC(=O)OC)C(C)C)[nH]6)ccc5c(=O)c43)c2)[nH]1)C(C)C. The first-order valence-electron chi connectivity index (χ1n) is 20.7. The van der Waals surface area contributed by atoms with E-state index in [1.165, 1.54) is 14.2 Å². The highest BCUT2D eigenvalue weighted by atomic mass is 16.6. The van der Waals surface area contributed by atoms with Crippen LogP contribution in [0.5, 0.6) is 0 Å². The van der Waals surface area contributed by atoms with Gasteiger partial charge in [0.15, 0.2) is 6.10 Å². The summed E-state index contributed by atoms with van der Waals surface area (Å²) in [5, 5.41) is 7.61. The molecule has 4 N–H and O–H groups in total. The van der Waals surface area contributed by atoms with Gasteiger partial charge in [0.1, 0.15) is 28.9 Å². The summed E-state index contributed by atoms with van der Waals surface area (Å²) in [6, 6.07) is 13.7. The Balaban J connectivity index is 1.03. The molecule has 6 aromatic rings. The summed E-state index contributed by atoms with van der Waals surface area (Å²) >= 11 is 0. The number of nitrogens with zero attached hydrogens (tertiary/aromatic N) is 4. The third-order valence-corrected chi connectivity index (χ3v) is 11.8. The summed E-state index contributed by atoms with van der Waals surface area (Å²) in [5.41, 5.74) is 3.84. The van der Waals surface area contributed by atoms with Gasteiger partial charge in [0.2, 0.25) is 11.3 Å². The zero-order valence-electron chi connectivity index (χ0n) is 35.0. The molecular formula is C45H50N8O8. The van der Waals surface area contributed by atoms with Crippen LogP contribution in [0.1, 0.15) is 77.1 Å². The van der Waals surface area contributed by atoms with Crippen LogP contribution in [-0.4, -0.2) is 93.1 Å². The topological polar surface area (TPSA) is 205 Å². The highest BCUT2D eigenvalue weighted by Gasteiger charge is 2.39. The van der Waals surface area contributed by atoms with Crippen molar-refractivity contribution in [3.05, 3.63) is 82.8 Å². The Labute approximate surface area is 351 Å². The molecule has 2 fully saturated rings. The maximum atomic E-state index is 14.1. The molecule has 16 nitrogen and oxygen atoms in total. The number of amides is 4. The van der Waals surface area contributed by atoms with Gasteiger partial charge in [-0.05, 0) is 72.6 Å². The molecule has 0 spiro atoms. The second kappa shape index (κ2) is 16.7. The van der Waals surface area contributed by atoms with Crippen molar-refractivity contribution >= 4 is 56.7 Å². The summed E-state index contributed by atoms with van der Waals surface area (Å²) in [6.07, 6.45) is 4.28. The van der Waals surface area contributed by atoms with Crippen LogP contribution in [-0.2, 0) is 19.1 Å². The number of methoxy groups -OCH3 is 1. The zero-order chi connectivity index (χ0) is 43.1. The monoisotopic (exact) mass is 830 g/mol. The van der Waals surface area contributed by atoms with E-state index in [9.17, 15) is 24.0 Å². The Hall–Kier alpha value is -6.71. The number of hydrogen-bond acceptors (Lipinski definition) is 10. The normalized spacial score (nSPS) is 17.7. The van der Waals surface area contributed by atoms with Crippen molar-refractivity contribution in [1.29, 1.82) is 0 Å². The van der Waals surface area contributed by atoms with E-state index < -0.39 is 24.3 Å². The van der Waals surface area contributed by atoms with E-state index in [4.69, 9.17) is 13.9 Å². The fraction of sp³-hybridized carbons (Fsp3) is 0.400. The van der Waals surface area contributed by atoms with Gasteiger partial charge in [-0.15, -0.1) is 0 Å². The molecule has 61 heavy (non-hydrogen) atoms. The van der Waals surface area contributed by atoms with Crippen LogP contribution in [0, 0.1) is 11.8 Å². The third kappa shape index (κ3) is 7.77. The number of alkyl carbamates (subject to hydrolysis) is 2. The van der Waals surface area contributed by atoms with Crippen LogP contribution in [0.3, 0.4) is 0 Å². The highest BCUT2D eigenvalue weighted by molar-refractivity contribution is 6.09. The molecule has 5 heterocycles. The summed E-state index contributed by atoms with van der Waals surface area (Å²) in [5.74, 6) is 0.502. The Morgan fingerprint density at radius 3 is 1.97 bits per heavy atom. The van der Waals surface area contributed by atoms with E-state index in [1.807, 2.05) is 64.1 Å². The number of rotatable bonds is 10. The number of aromatic amines is 2. The fourth-order valence-electron chi connectivity index (χ4n) is 8.63. The summed E-state index contributed by atoms with van der Waals surface area (Å²) in [7, 11) is 2.73. The minimum absolute atomic E-state index is 0.146. The number of likely N-dealkylation sites (tertiary alicyclic amines) is 2. The van der Waals surface area contributed by atoms with Gasteiger partial charge in [-0.25, -0.2) is 19.6 Å². The summed E-state index contributed by atoms with van der Waals surface area (Å²) in [4.78, 5) is 85.0. The number of hydrogen-bond donors (Lipinski definition) is 4. The molecular weight excluding hydrogens is 781 g/mol. The highest BCUT2D eigenvalue weighted by Crippen LogP contribution is 2.36. The lowest BCUT2D eigenvalue weighted by molar-refractivity contribution is -0.143. The first kappa shape index (κ1) is 41.0. The molecule has 318 valence electrons. The number of benzene rings is 3. The summed E-state index contributed by atoms with van der Waals surface area (Å²) < 4.78 is 16.6. The van der Waals surface area contributed by atoms with Gasteiger partial charge in [-0.1, -0.05) is 52.0 Å². The van der Waals surface area contributed by atoms with E-state index in [1.54, 1.807) is 34.3 Å². The third-order valence-electron chi connectivity index (χ3n) is 11.8. The van der Waals surface area contributed by atoms with Gasteiger partial charge in [-0.2, -0.15) is 0 Å². The quantitative estimate of drug-likeness (QED) is 0.0825. The second-order valence-corrected chi connectivity index (χ2v) is 16.4. The van der Waals surface area contributed by atoms with E-state index in [-0.39, 0.29) is 41.2 Å². The van der Waals surface area contributed by atoms with Gasteiger partial charge in [-0.3, -0.25) is 14.4 Å². The van der Waals surface area contributed by atoms with Gasteiger partial charge in [0.25, 0.3) is 5.91 Å². The van der Waals surface area contributed by atoms with Crippen molar-refractivity contribution < 1.29 is 33.1 Å². The lowest BCUT2D eigenvalue weighted by atomic mass is 10.0. The standard InChI is InChI=1S/C45H50N8O8/c1-23(2)37(51-45(58)59-6)42(55)52-17-7-9-32(52)40-48-22-31(50-40)27-12-15-29-35(20-27)60-34-16-13-25-19-26(11-14-28(25)36(34)38(29)54)30-21-47-41(49-30)33-10-8-18-53(33)43(56)39(24(3)4)61-44(57)46-5/h11-16,19-24,32-33,37,39H,7-10,17-18H2,1-6H3,(H,46,57)(H,47,49)(H,48,50)(H,51,58)/t32-,33-,37-,39-/m0/s1. The number of ether oxygens (including phenoxy) is 2. The number of H-pyrrole nitrogens is 2. The first-order valence-corrected chi connectivity index (χ1v) is 20.7. The van der Waals surface area contributed by atoms with E-state index >= 15 is 0 Å². The van der Waals surface area contributed by atoms with E-state index in [2.05, 4.69) is 30.6 Å². The van der Waals surface area contributed by atoms with Crippen molar-refractivity contribution in [3.8, 4) is 22.5 Å². The molecule has 16 heteroatoms. The molecule has 0 radical (unpaired) electrons. The van der Waals surface area contributed by atoms with Crippen molar-refractivity contribution in [3.63, 3.8) is 0 Å². The van der Waals surface area contributed by atoms with Crippen LogP contribution < -0.4 is 16.1 Å². The lowest BCUT2D eigenvalue weighted by Gasteiger charge is -2.30. The molecule has 0 aliphatic carbocycles. The van der Waals surface area contributed by atoms with Gasteiger partial charge < -0.3 is 44.3 Å². The van der Waals surface area contributed by atoms with Crippen LogP contribution in [0.25, 0.3) is 55.2 Å². The largest absolute Gasteiger partial charge is 0.456 e. The number of nitrogens with one attached hydrogen (secondary N) is 4. The molecule has 4 atom stereocenters. The van der Waals surface area contributed by atoms with Crippen LogP contribution >= 0.6 is 0 Å². The van der Waals surface area contributed by atoms with Crippen LogP contribution in [0.4, 0.5) is 9.59 Å². The molecule has 3 aromatic carbocycles. The molecule has 3 aromatic heterocycles. The Morgan fingerprint density at radius 2 is 1.38 bits per heavy atom. The minimum Gasteiger partial charge on any atom is -0.456 e. The Morgan fingerprint density at radius 1 is 0.770 bits per heavy atom. The zero-order valence-corrected chi connectivity index (χ0v) is 35.0. The van der Waals surface area contributed by atoms with Crippen molar-refractivity contribution in [1.82, 2.24) is 40.4 Å². The molecule has 2 aliphatic heterocycles. The Bertz CT molecular complexity index is 2720. The number of fused-ring (bicyclic) bond motifs is 4. The number of aromatic nitrogens is 4. The molecule has 0 unspecified atom stereocenters. The molecule has 4 amide bonds. The van der Waals surface area contributed by atoms with Gasteiger partial charge >= 0.3 is 12.2 Å². The molecule has 2 aliphatic rings. The van der Waals surface area contributed by atoms with Crippen molar-refractivity contribution in [2.75, 3.05) is 27.2 Å². The molecule has 0 bridgehead atoms. The number of carbonyl (C=O) groups is 4. The van der Waals surface area contributed by atoms with Gasteiger partial charge in [0.05, 0.1) is 53.7 Å². The molecule has 0 saturated carbocycles. The average Bonchev–Trinajstić information content (AvgIpc) is 4.10. The minimum atomic E-state index is -0.914. The predicted molar refractivity (Wildman–Crippen MR) is 228 cm³/mol. The number of carbonyl (C=O) groups excluding carboxylic acids is 4. The van der Waals surface area contributed by atoms with Gasteiger partial charge in [0, 0.05) is 31.3 Å². The van der Waals surface area contributed by atoms with E-state index in [0.29, 0.717) is 52.4 Å². The van der Waals surface area contributed by atoms with Crippen molar-refractivity contribution in [2.45, 2.75) is 77.6 Å².